The SMILES string of the molecule is c1ccc(N(c2ccc(-c3ccc(-c4cccc5ccccc45)cc3)cc2)c2cccc3c2sc2ccccc23)c(-c2ccc3oc4c5ccccc5ccc4c3c2)c1. The molecule has 0 radical (unpaired) electrons. The Morgan fingerprint density at radius 2 is 0.949 bits per heavy atom. The monoisotopic (exact) mass is 769 g/mol. The van der Waals surface area contributed by atoms with E-state index in [1.165, 1.54) is 58.6 Å². The van der Waals surface area contributed by atoms with Crippen LogP contribution in [0, 0.1) is 0 Å². The summed E-state index contributed by atoms with van der Waals surface area (Å²) in [6.45, 7) is 0. The number of benzene rings is 10. The number of furan rings is 1. The molecular formula is C56H35NOS. The molecule has 10 aromatic carbocycles. The van der Waals surface area contributed by atoms with Gasteiger partial charge in [-0.2, -0.15) is 0 Å². The van der Waals surface area contributed by atoms with Gasteiger partial charge in [0.2, 0.25) is 0 Å². The molecule has 0 unspecified atom stereocenters. The van der Waals surface area contributed by atoms with Gasteiger partial charge in [-0.3, -0.25) is 0 Å². The molecule has 0 aliphatic carbocycles. The summed E-state index contributed by atoms with van der Waals surface area (Å²) < 4.78 is 9.09. The third kappa shape index (κ3) is 5.55. The summed E-state index contributed by atoms with van der Waals surface area (Å²) in [5.41, 5.74) is 12.3. The topological polar surface area (TPSA) is 16.4 Å². The third-order valence-corrected chi connectivity index (χ3v) is 13.1. The Balaban J connectivity index is 0.994. The van der Waals surface area contributed by atoms with Crippen molar-refractivity contribution in [3.63, 3.8) is 0 Å². The molecule has 59 heavy (non-hydrogen) atoms. The molecule has 3 heteroatoms. The minimum Gasteiger partial charge on any atom is -0.455 e. The average Bonchev–Trinajstić information content (AvgIpc) is 3.88. The Labute approximate surface area is 345 Å². The van der Waals surface area contributed by atoms with Crippen LogP contribution in [0.4, 0.5) is 17.1 Å². The van der Waals surface area contributed by atoms with Crippen molar-refractivity contribution in [2.75, 3.05) is 4.90 Å². The van der Waals surface area contributed by atoms with Crippen LogP contribution in [0.2, 0.25) is 0 Å². The van der Waals surface area contributed by atoms with Crippen LogP contribution in [-0.4, -0.2) is 0 Å². The van der Waals surface area contributed by atoms with Crippen LogP contribution in [-0.2, 0) is 0 Å². The highest BCUT2D eigenvalue weighted by atomic mass is 32.1. The molecule has 0 spiro atoms. The van der Waals surface area contributed by atoms with Crippen molar-refractivity contribution in [3.8, 4) is 33.4 Å². The molecule has 0 fully saturated rings. The molecule has 12 aromatic rings. The summed E-state index contributed by atoms with van der Waals surface area (Å²) >= 11 is 1.86. The summed E-state index contributed by atoms with van der Waals surface area (Å²) in [5, 5.41) is 9.65. The molecule has 0 N–H and O–H groups in total. The number of hydrogen-bond acceptors (Lipinski definition) is 3. The second-order valence-corrected chi connectivity index (χ2v) is 16.3. The number of nitrogens with zero attached hydrogens (tertiary/aromatic N) is 1. The second kappa shape index (κ2) is 13.6. The maximum Gasteiger partial charge on any atom is 0.143 e. The van der Waals surface area contributed by atoms with Gasteiger partial charge >= 0.3 is 0 Å². The Hall–Kier alpha value is -7.46. The maximum atomic E-state index is 6.53. The molecule has 2 heterocycles. The summed E-state index contributed by atoms with van der Waals surface area (Å²) in [7, 11) is 0. The quantitative estimate of drug-likeness (QED) is 0.167. The van der Waals surface area contributed by atoms with Gasteiger partial charge in [-0.1, -0.05) is 164 Å². The molecule has 0 amide bonds. The lowest BCUT2D eigenvalue weighted by Gasteiger charge is -2.28. The molecule has 276 valence electrons. The molecule has 2 nitrogen and oxygen atoms in total. The fourth-order valence-corrected chi connectivity index (χ4v) is 10.2. The Morgan fingerprint density at radius 3 is 1.80 bits per heavy atom. The van der Waals surface area contributed by atoms with E-state index >= 15 is 0 Å². The highest BCUT2D eigenvalue weighted by molar-refractivity contribution is 7.26. The van der Waals surface area contributed by atoms with E-state index in [2.05, 4.69) is 217 Å². The normalized spacial score (nSPS) is 11.7. The van der Waals surface area contributed by atoms with Crippen molar-refractivity contribution in [2.24, 2.45) is 0 Å². The van der Waals surface area contributed by atoms with E-state index < -0.39 is 0 Å². The van der Waals surface area contributed by atoms with E-state index in [9.17, 15) is 0 Å². The fourth-order valence-electron chi connectivity index (χ4n) is 9.02. The lowest BCUT2D eigenvalue weighted by Crippen LogP contribution is -2.11. The average molecular weight is 770 g/mol. The summed E-state index contributed by atoms with van der Waals surface area (Å²) in [6, 6.07) is 77.0. The first-order valence-electron chi connectivity index (χ1n) is 20.1. The number of anilines is 3. The second-order valence-electron chi connectivity index (χ2n) is 15.2. The van der Waals surface area contributed by atoms with Crippen LogP contribution in [0.15, 0.2) is 217 Å². The maximum absolute atomic E-state index is 6.53. The largest absolute Gasteiger partial charge is 0.455 e. The van der Waals surface area contributed by atoms with E-state index in [4.69, 9.17) is 4.42 Å². The predicted octanol–water partition coefficient (Wildman–Crippen LogP) is 16.7. The standard InChI is InChI=1S/C56H35NOS/c1-3-14-43-38(11-1)13-9-18-44(43)40-25-23-36(24-26-40)37-27-31-42(32-28-37)57(52-21-10-19-49-47-17-6-8-22-54(47)59-56(49)52)51-20-7-5-15-45(51)41-30-34-53-50(35-41)48-33-29-39-12-2-4-16-46(39)55(48)58-53/h1-35H. The van der Waals surface area contributed by atoms with Crippen molar-refractivity contribution in [1.82, 2.24) is 0 Å². The lowest BCUT2D eigenvalue weighted by atomic mass is 9.96. The van der Waals surface area contributed by atoms with Crippen LogP contribution in [0.1, 0.15) is 0 Å². The van der Waals surface area contributed by atoms with Crippen molar-refractivity contribution in [3.05, 3.63) is 212 Å². The Bertz CT molecular complexity index is 3550. The highest BCUT2D eigenvalue weighted by Gasteiger charge is 2.22. The van der Waals surface area contributed by atoms with E-state index in [0.717, 1.165) is 55.5 Å². The number of hydrogen-bond donors (Lipinski definition) is 0. The van der Waals surface area contributed by atoms with E-state index in [-0.39, 0.29) is 0 Å². The predicted molar refractivity (Wildman–Crippen MR) is 253 cm³/mol. The first kappa shape index (κ1) is 33.7. The van der Waals surface area contributed by atoms with Gasteiger partial charge in [0.25, 0.3) is 0 Å². The van der Waals surface area contributed by atoms with Crippen LogP contribution in [0.25, 0.3) is 97.0 Å². The van der Waals surface area contributed by atoms with E-state index in [1.807, 2.05) is 11.3 Å². The van der Waals surface area contributed by atoms with Gasteiger partial charge in [-0.25, -0.2) is 0 Å². The number of rotatable bonds is 6. The molecule has 12 rings (SSSR count). The Morgan fingerprint density at radius 1 is 0.356 bits per heavy atom. The number of thiophene rings is 1. The first-order chi connectivity index (χ1) is 29.2. The van der Waals surface area contributed by atoms with Crippen LogP contribution in [0.3, 0.4) is 0 Å². The van der Waals surface area contributed by atoms with Gasteiger partial charge in [0.15, 0.2) is 0 Å². The van der Waals surface area contributed by atoms with Gasteiger partial charge in [-0.05, 0) is 92.5 Å². The van der Waals surface area contributed by atoms with Gasteiger partial charge in [0.1, 0.15) is 11.2 Å². The minimum absolute atomic E-state index is 0.894. The van der Waals surface area contributed by atoms with Crippen molar-refractivity contribution >= 4 is 92.1 Å². The fraction of sp³-hybridized carbons (Fsp3) is 0. The lowest BCUT2D eigenvalue weighted by molar-refractivity contribution is 0.672. The van der Waals surface area contributed by atoms with Crippen molar-refractivity contribution < 1.29 is 4.42 Å². The number of para-hydroxylation sites is 1. The highest BCUT2D eigenvalue weighted by Crippen LogP contribution is 2.48. The van der Waals surface area contributed by atoms with E-state index in [1.54, 1.807) is 0 Å². The third-order valence-electron chi connectivity index (χ3n) is 11.9. The number of fused-ring (bicyclic) bond motifs is 9. The first-order valence-corrected chi connectivity index (χ1v) is 20.9. The van der Waals surface area contributed by atoms with Gasteiger partial charge in [-0.15, -0.1) is 11.3 Å². The van der Waals surface area contributed by atoms with Gasteiger partial charge in [0.05, 0.1) is 16.1 Å². The molecule has 0 saturated carbocycles. The minimum atomic E-state index is 0.894. The molecule has 0 aliphatic heterocycles. The summed E-state index contributed by atoms with van der Waals surface area (Å²) in [4.78, 5) is 2.45. The van der Waals surface area contributed by atoms with Crippen LogP contribution >= 0.6 is 11.3 Å². The zero-order valence-electron chi connectivity index (χ0n) is 32.0. The van der Waals surface area contributed by atoms with Gasteiger partial charge in [0, 0.05) is 42.9 Å². The summed E-state index contributed by atoms with van der Waals surface area (Å²) in [6.07, 6.45) is 0. The zero-order chi connectivity index (χ0) is 38.9. The van der Waals surface area contributed by atoms with Crippen molar-refractivity contribution in [1.29, 1.82) is 0 Å². The zero-order valence-corrected chi connectivity index (χ0v) is 32.8. The van der Waals surface area contributed by atoms with Crippen molar-refractivity contribution in [2.45, 2.75) is 0 Å². The van der Waals surface area contributed by atoms with E-state index in [0.29, 0.717) is 0 Å². The van der Waals surface area contributed by atoms with Gasteiger partial charge < -0.3 is 9.32 Å². The molecule has 0 bridgehead atoms. The summed E-state index contributed by atoms with van der Waals surface area (Å²) in [5.74, 6) is 0. The van der Waals surface area contributed by atoms with Crippen LogP contribution in [0.5, 0.6) is 0 Å². The molecule has 0 aliphatic rings. The Kier molecular flexibility index (Phi) is 7.75. The molecule has 0 saturated heterocycles. The smallest absolute Gasteiger partial charge is 0.143 e. The van der Waals surface area contributed by atoms with Crippen LogP contribution < -0.4 is 4.90 Å². The molecule has 2 aromatic heterocycles. The molecular weight excluding hydrogens is 735 g/mol. The molecule has 0 atom stereocenters.